The third-order valence-electron chi connectivity index (χ3n) is 3.65. The lowest BCUT2D eigenvalue weighted by Crippen LogP contribution is -2.43. The average molecular weight is 296 g/mol. The van der Waals surface area contributed by atoms with E-state index in [-0.39, 0.29) is 0 Å². The molecule has 1 heterocycles. The van der Waals surface area contributed by atoms with Crippen LogP contribution in [0.5, 0.6) is 0 Å². The average Bonchev–Trinajstić information content (AvgIpc) is 2.48. The Kier molecular flexibility index (Phi) is 4.77. The maximum atomic E-state index is 12.4. The Morgan fingerprint density at radius 2 is 1.85 bits per heavy atom. The molecule has 0 radical (unpaired) electrons. The van der Waals surface area contributed by atoms with Gasteiger partial charge in [0, 0.05) is 5.69 Å². The Hall–Kier alpha value is -1.40. The first-order valence-corrected chi connectivity index (χ1v) is 8.42. The van der Waals surface area contributed by atoms with Crippen LogP contribution in [0.2, 0.25) is 0 Å². The minimum absolute atomic E-state index is 0.416. The van der Waals surface area contributed by atoms with Crippen LogP contribution >= 0.6 is 0 Å². The van der Waals surface area contributed by atoms with Crippen molar-refractivity contribution >= 4 is 21.4 Å². The van der Waals surface area contributed by atoms with Crippen LogP contribution in [-0.4, -0.2) is 37.9 Å². The zero-order chi connectivity index (χ0) is 14.6. The SMILES string of the molecule is CC(C(=O)Nc1ccccc1)S(=O)(=O)C1CCNCC1. The van der Waals surface area contributed by atoms with Gasteiger partial charge in [0.05, 0.1) is 5.25 Å². The number of sulfone groups is 1. The fourth-order valence-corrected chi connectivity index (χ4v) is 4.15. The van der Waals surface area contributed by atoms with Gasteiger partial charge in [0.1, 0.15) is 5.25 Å². The summed E-state index contributed by atoms with van der Waals surface area (Å²) in [5.74, 6) is -0.463. The van der Waals surface area contributed by atoms with Gasteiger partial charge < -0.3 is 10.6 Å². The molecule has 1 unspecified atom stereocenters. The number of para-hydroxylation sites is 1. The van der Waals surface area contributed by atoms with Gasteiger partial charge in [-0.2, -0.15) is 0 Å². The van der Waals surface area contributed by atoms with Crippen LogP contribution in [0.3, 0.4) is 0 Å². The molecular formula is C14H20N2O3S. The lowest BCUT2D eigenvalue weighted by Gasteiger charge is -2.25. The number of carbonyl (C=O) groups is 1. The number of anilines is 1. The summed E-state index contributed by atoms with van der Waals surface area (Å²) in [4.78, 5) is 12.1. The van der Waals surface area contributed by atoms with Crippen molar-refractivity contribution in [3.05, 3.63) is 30.3 Å². The number of nitrogens with one attached hydrogen (secondary N) is 2. The minimum Gasteiger partial charge on any atom is -0.325 e. The summed E-state index contributed by atoms with van der Waals surface area (Å²) < 4.78 is 24.9. The van der Waals surface area contributed by atoms with Gasteiger partial charge >= 0.3 is 0 Å². The normalized spacial score (nSPS) is 18.4. The first-order valence-electron chi connectivity index (χ1n) is 6.81. The third kappa shape index (κ3) is 3.37. The van der Waals surface area contributed by atoms with Crippen molar-refractivity contribution in [3.63, 3.8) is 0 Å². The number of hydrogen-bond acceptors (Lipinski definition) is 4. The van der Waals surface area contributed by atoms with Gasteiger partial charge in [-0.3, -0.25) is 4.79 Å². The number of carbonyl (C=O) groups excluding carboxylic acids is 1. The standard InChI is InChI=1S/C14H20N2O3S/c1-11(14(17)16-12-5-3-2-4-6-12)20(18,19)13-7-9-15-10-8-13/h2-6,11,13,15H,7-10H2,1H3,(H,16,17). The summed E-state index contributed by atoms with van der Waals surface area (Å²) in [6.07, 6.45) is 1.15. The highest BCUT2D eigenvalue weighted by Gasteiger charge is 2.36. The largest absolute Gasteiger partial charge is 0.325 e. The zero-order valence-corrected chi connectivity index (χ0v) is 12.3. The molecule has 0 bridgehead atoms. The van der Waals surface area contributed by atoms with Crippen LogP contribution in [0.15, 0.2) is 30.3 Å². The fourth-order valence-electron chi connectivity index (χ4n) is 2.33. The summed E-state index contributed by atoms with van der Waals surface area (Å²) in [5, 5.41) is 4.34. The molecule has 1 aromatic rings. The summed E-state index contributed by atoms with van der Waals surface area (Å²) in [6, 6.07) is 8.90. The predicted molar refractivity (Wildman–Crippen MR) is 79.3 cm³/mol. The summed E-state index contributed by atoms with van der Waals surface area (Å²) in [6.45, 7) is 2.85. The Morgan fingerprint density at radius 3 is 2.45 bits per heavy atom. The second-order valence-corrected chi connectivity index (χ2v) is 7.59. The highest BCUT2D eigenvalue weighted by atomic mass is 32.2. The van der Waals surface area contributed by atoms with E-state index in [9.17, 15) is 13.2 Å². The van der Waals surface area contributed by atoms with Crippen molar-refractivity contribution in [1.29, 1.82) is 0 Å². The number of hydrogen-bond donors (Lipinski definition) is 2. The van der Waals surface area contributed by atoms with Crippen LogP contribution in [0, 0.1) is 0 Å². The van der Waals surface area contributed by atoms with E-state index in [0.717, 1.165) is 0 Å². The van der Waals surface area contributed by atoms with E-state index in [4.69, 9.17) is 0 Å². The molecule has 1 aliphatic heterocycles. The predicted octanol–water partition coefficient (Wildman–Crippen LogP) is 1.18. The molecule has 1 saturated heterocycles. The van der Waals surface area contributed by atoms with Crippen molar-refractivity contribution < 1.29 is 13.2 Å². The maximum Gasteiger partial charge on any atom is 0.242 e. The van der Waals surface area contributed by atoms with E-state index in [1.54, 1.807) is 24.3 Å². The van der Waals surface area contributed by atoms with Crippen LogP contribution in [0.25, 0.3) is 0 Å². The van der Waals surface area contributed by atoms with Crippen LogP contribution < -0.4 is 10.6 Å². The van der Waals surface area contributed by atoms with E-state index in [1.165, 1.54) is 6.92 Å². The Bertz CT molecular complexity index is 551. The molecule has 1 aliphatic rings. The summed E-state index contributed by atoms with van der Waals surface area (Å²) >= 11 is 0. The molecule has 6 heteroatoms. The van der Waals surface area contributed by atoms with Crippen molar-refractivity contribution in [2.75, 3.05) is 18.4 Å². The first-order chi connectivity index (χ1) is 9.51. The van der Waals surface area contributed by atoms with Gasteiger partial charge in [-0.05, 0) is 45.0 Å². The molecule has 1 fully saturated rings. The highest BCUT2D eigenvalue weighted by Crippen LogP contribution is 2.19. The van der Waals surface area contributed by atoms with Crippen LogP contribution in [0.4, 0.5) is 5.69 Å². The molecular weight excluding hydrogens is 276 g/mol. The number of piperidine rings is 1. The topological polar surface area (TPSA) is 75.3 Å². The molecule has 2 rings (SSSR count). The molecule has 0 aliphatic carbocycles. The van der Waals surface area contributed by atoms with Crippen molar-refractivity contribution in [2.24, 2.45) is 0 Å². The van der Waals surface area contributed by atoms with E-state index >= 15 is 0 Å². The Balaban J connectivity index is 2.05. The number of rotatable bonds is 4. The monoisotopic (exact) mass is 296 g/mol. The van der Waals surface area contributed by atoms with E-state index in [0.29, 0.717) is 31.6 Å². The van der Waals surface area contributed by atoms with Crippen LogP contribution in [-0.2, 0) is 14.6 Å². The second kappa shape index (κ2) is 6.37. The Labute approximate surface area is 119 Å². The lowest BCUT2D eigenvalue weighted by atomic mass is 10.2. The van der Waals surface area contributed by atoms with Gasteiger partial charge in [0.25, 0.3) is 0 Å². The fraction of sp³-hybridized carbons (Fsp3) is 0.500. The van der Waals surface area contributed by atoms with Gasteiger partial charge in [-0.15, -0.1) is 0 Å². The molecule has 110 valence electrons. The van der Waals surface area contributed by atoms with Crippen molar-refractivity contribution in [1.82, 2.24) is 5.32 Å². The third-order valence-corrected chi connectivity index (χ3v) is 6.25. The van der Waals surface area contributed by atoms with Gasteiger partial charge in [-0.25, -0.2) is 8.42 Å². The molecule has 5 nitrogen and oxygen atoms in total. The number of benzene rings is 1. The molecule has 0 aromatic heterocycles. The molecule has 1 atom stereocenters. The van der Waals surface area contributed by atoms with Gasteiger partial charge in [-0.1, -0.05) is 18.2 Å². The Morgan fingerprint density at radius 1 is 1.25 bits per heavy atom. The molecule has 1 aromatic carbocycles. The van der Waals surface area contributed by atoms with E-state index in [1.807, 2.05) is 6.07 Å². The smallest absolute Gasteiger partial charge is 0.242 e. The lowest BCUT2D eigenvalue weighted by molar-refractivity contribution is -0.115. The maximum absolute atomic E-state index is 12.4. The van der Waals surface area contributed by atoms with E-state index < -0.39 is 26.2 Å². The molecule has 1 amide bonds. The second-order valence-electron chi connectivity index (χ2n) is 5.04. The first kappa shape index (κ1) is 15.0. The van der Waals surface area contributed by atoms with Crippen LogP contribution in [0.1, 0.15) is 19.8 Å². The van der Waals surface area contributed by atoms with Crippen molar-refractivity contribution in [3.8, 4) is 0 Å². The van der Waals surface area contributed by atoms with Gasteiger partial charge in [0.2, 0.25) is 5.91 Å². The number of amides is 1. The van der Waals surface area contributed by atoms with Gasteiger partial charge in [0.15, 0.2) is 9.84 Å². The molecule has 0 spiro atoms. The molecule has 2 N–H and O–H groups in total. The highest BCUT2D eigenvalue weighted by molar-refractivity contribution is 7.93. The summed E-state index contributed by atoms with van der Waals surface area (Å²) in [5.41, 5.74) is 0.616. The molecule has 0 saturated carbocycles. The summed E-state index contributed by atoms with van der Waals surface area (Å²) in [7, 11) is -3.43. The quantitative estimate of drug-likeness (QED) is 0.875. The zero-order valence-electron chi connectivity index (χ0n) is 11.5. The van der Waals surface area contributed by atoms with Crippen molar-refractivity contribution in [2.45, 2.75) is 30.3 Å². The van der Waals surface area contributed by atoms with E-state index in [2.05, 4.69) is 10.6 Å². The molecule has 20 heavy (non-hydrogen) atoms. The minimum atomic E-state index is -3.43.